The van der Waals surface area contributed by atoms with E-state index in [0.717, 1.165) is 26.3 Å². The summed E-state index contributed by atoms with van der Waals surface area (Å²) < 4.78 is 5.37. The minimum atomic E-state index is 0.689. The summed E-state index contributed by atoms with van der Waals surface area (Å²) >= 11 is 0. The van der Waals surface area contributed by atoms with Crippen molar-refractivity contribution < 1.29 is 4.74 Å². The topological polar surface area (TPSA) is 34.1 Å². The highest BCUT2D eigenvalue weighted by Gasteiger charge is 2.14. The maximum absolute atomic E-state index is 5.37. The van der Waals surface area contributed by atoms with Crippen molar-refractivity contribution in [1.82, 2.24) is 10.3 Å². The number of nitrogens with one attached hydrogen (secondary N) is 1. The zero-order chi connectivity index (χ0) is 12.2. The number of hydrogen-bond acceptors (Lipinski definition) is 3. The Morgan fingerprint density at radius 2 is 2.28 bits per heavy atom. The van der Waals surface area contributed by atoms with Gasteiger partial charge in [-0.05, 0) is 35.4 Å². The molecule has 3 nitrogen and oxygen atoms in total. The van der Waals surface area contributed by atoms with Crippen molar-refractivity contribution in [2.45, 2.75) is 13.0 Å². The third-order valence-electron chi connectivity index (χ3n) is 3.49. The summed E-state index contributed by atoms with van der Waals surface area (Å²) in [6.45, 7) is 3.81. The molecular formula is C15H18N2O. The fourth-order valence-corrected chi connectivity index (χ4v) is 2.41. The van der Waals surface area contributed by atoms with Crippen LogP contribution in [0, 0.1) is 5.92 Å². The summed E-state index contributed by atoms with van der Waals surface area (Å²) in [6.07, 6.45) is 4.94. The van der Waals surface area contributed by atoms with Crippen LogP contribution in [0.15, 0.2) is 36.7 Å². The molecule has 1 saturated heterocycles. The average molecular weight is 242 g/mol. The average Bonchev–Trinajstić information content (AvgIpc) is 2.92. The Balaban J connectivity index is 1.60. The van der Waals surface area contributed by atoms with E-state index in [-0.39, 0.29) is 0 Å². The van der Waals surface area contributed by atoms with E-state index in [9.17, 15) is 0 Å². The van der Waals surface area contributed by atoms with Gasteiger partial charge in [0.1, 0.15) is 0 Å². The van der Waals surface area contributed by atoms with Crippen molar-refractivity contribution in [2.24, 2.45) is 5.92 Å². The lowest BCUT2D eigenvalue weighted by molar-refractivity contribution is 0.185. The van der Waals surface area contributed by atoms with Gasteiger partial charge in [0, 0.05) is 37.5 Å². The van der Waals surface area contributed by atoms with E-state index < -0.39 is 0 Å². The molecule has 0 bridgehead atoms. The first-order chi connectivity index (χ1) is 8.92. The molecule has 0 radical (unpaired) electrons. The van der Waals surface area contributed by atoms with Crippen LogP contribution < -0.4 is 5.32 Å². The third-order valence-corrected chi connectivity index (χ3v) is 3.49. The monoisotopic (exact) mass is 242 g/mol. The first kappa shape index (κ1) is 11.6. The van der Waals surface area contributed by atoms with Gasteiger partial charge in [0.05, 0.1) is 6.61 Å². The maximum Gasteiger partial charge on any atom is 0.0507 e. The van der Waals surface area contributed by atoms with Gasteiger partial charge in [-0.15, -0.1) is 0 Å². The molecule has 0 spiro atoms. The van der Waals surface area contributed by atoms with Gasteiger partial charge < -0.3 is 10.1 Å². The standard InChI is InChI=1S/C15H18N2O/c1-2-15-10-16-5-3-14(15)7-12(1)8-17-9-13-4-6-18-11-13/h1-3,5,7,10,13,17H,4,6,8-9,11H2. The molecule has 1 N–H and O–H groups in total. The molecule has 1 atom stereocenters. The molecule has 0 amide bonds. The number of fused-ring (bicyclic) bond motifs is 1. The Bertz CT molecular complexity index is 521. The van der Waals surface area contributed by atoms with E-state index in [1.807, 2.05) is 12.4 Å². The lowest BCUT2D eigenvalue weighted by Crippen LogP contribution is -2.22. The summed E-state index contributed by atoms with van der Waals surface area (Å²) in [6, 6.07) is 8.60. The van der Waals surface area contributed by atoms with E-state index >= 15 is 0 Å². The molecule has 3 heteroatoms. The predicted octanol–water partition coefficient (Wildman–Crippen LogP) is 2.36. The number of pyridine rings is 1. The predicted molar refractivity (Wildman–Crippen MR) is 72.4 cm³/mol. The number of hydrogen-bond donors (Lipinski definition) is 1. The van der Waals surface area contributed by atoms with Crippen LogP contribution in [0.4, 0.5) is 0 Å². The number of aromatic nitrogens is 1. The fourth-order valence-electron chi connectivity index (χ4n) is 2.41. The zero-order valence-corrected chi connectivity index (χ0v) is 10.4. The van der Waals surface area contributed by atoms with E-state index in [1.165, 1.54) is 22.8 Å². The summed E-state index contributed by atoms with van der Waals surface area (Å²) in [7, 11) is 0. The molecule has 1 fully saturated rings. The number of benzene rings is 1. The second-order valence-electron chi connectivity index (χ2n) is 4.92. The Kier molecular flexibility index (Phi) is 3.53. The maximum atomic E-state index is 5.37. The van der Waals surface area contributed by atoms with Gasteiger partial charge in [-0.2, -0.15) is 0 Å². The SMILES string of the molecule is c1cc2cc(CNCC3CCOC3)ccc2cn1. The first-order valence-electron chi connectivity index (χ1n) is 6.53. The van der Waals surface area contributed by atoms with Crippen LogP contribution in [-0.2, 0) is 11.3 Å². The van der Waals surface area contributed by atoms with Crippen molar-refractivity contribution in [3.8, 4) is 0 Å². The van der Waals surface area contributed by atoms with Crippen molar-refractivity contribution in [2.75, 3.05) is 19.8 Å². The van der Waals surface area contributed by atoms with Crippen LogP contribution in [0.5, 0.6) is 0 Å². The Morgan fingerprint density at radius 1 is 1.28 bits per heavy atom. The van der Waals surface area contributed by atoms with E-state index in [4.69, 9.17) is 4.74 Å². The highest BCUT2D eigenvalue weighted by atomic mass is 16.5. The molecule has 3 rings (SSSR count). The van der Waals surface area contributed by atoms with Crippen LogP contribution in [-0.4, -0.2) is 24.7 Å². The van der Waals surface area contributed by atoms with Crippen LogP contribution in [0.25, 0.3) is 10.8 Å². The molecule has 2 heterocycles. The summed E-state index contributed by atoms with van der Waals surface area (Å²) in [5.74, 6) is 0.689. The molecule has 2 aromatic rings. The molecule has 1 aromatic heterocycles. The second-order valence-corrected chi connectivity index (χ2v) is 4.92. The van der Waals surface area contributed by atoms with E-state index in [0.29, 0.717) is 5.92 Å². The molecule has 1 aliphatic heterocycles. The lowest BCUT2D eigenvalue weighted by atomic mass is 10.1. The molecule has 0 aliphatic carbocycles. The van der Waals surface area contributed by atoms with Gasteiger partial charge in [0.2, 0.25) is 0 Å². The number of nitrogens with zero attached hydrogens (tertiary/aromatic N) is 1. The highest BCUT2D eigenvalue weighted by Crippen LogP contribution is 2.15. The zero-order valence-electron chi connectivity index (χ0n) is 10.4. The quantitative estimate of drug-likeness (QED) is 0.893. The summed E-state index contributed by atoms with van der Waals surface area (Å²) in [5.41, 5.74) is 1.33. The van der Waals surface area contributed by atoms with Gasteiger partial charge in [0.25, 0.3) is 0 Å². The molecule has 1 aliphatic rings. The Hall–Kier alpha value is -1.45. The van der Waals surface area contributed by atoms with Crippen LogP contribution in [0.2, 0.25) is 0 Å². The minimum Gasteiger partial charge on any atom is -0.381 e. The second kappa shape index (κ2) is 5.46. The number of rotatable bonds is 4. The van der Waals surface area contributed by atoms with Crippen molar-refractivity contribution >= 4 is 10.8 Å². The van der Waals surface area contributed by atoms with Crippen LogP contribution >= 0.6 is 0 Å². The molecule has 0 saturated carbocycles. The van der Waals surface area contributed by atoms with Gasteiger partial charge in [-0.1, -0.05) is 12.1 Å². The minimum absolute atomic E-state index is 0.689. The normalized spacial score (nSPS) is 19.4. The first-order valence-corrected chi connectivity index (χ1v) is 6.53. The third kappa shape index (κ3) is 2.68. The van der Waals surface area contributed by atoms with Gasteiger partial charge >= 0.3 is 0 Å². The smallest absolute Gasteiger partial charge is 0.0507 e. The largest absolute Gasteiger partial charge is 0.381 e. The van der Waals surface area contributed by atoms with Crippen molar-refractivity contribution in [3.05, 3.63) is 42.2 Å². The molecular weight excluding hydrogens is 224 g/mol. The lowest BCUT2D eigenvalue weighted by Gasteiger charge is -2.09. The van der Waals surface area contributed by atoms with E-state index in [2.05, 4.69) is 34.6 Å². The van der Waals surface area contributed by atoms with Gasteiger partial charge in [-0.25, -0.2) is 0 Å². The molecule has 1 unspecified atom stereocenters. The van der Waals surface area contributed by atoms with Crippen LogP contribution in [0.1, 0.15) is 12.0 Å². The molecule has 18 heavy (non-hydrogen) atoms. The Morgan fingerprint density at radius 3 is 3.17 bits per heavy atom. The Labute approximate surface area is 107 Å². The van der Waals surface area contributed by atoms with E-state index in [1.54, 1.807) is 0 Å². The summed E-state index contributed by atoms with van der Waals surface area (Å²) in [4.78, 5) is 4.13. The van der Waals surface area contributed by atoms with Gasteiger partial charge in [-0.3, -0.25) is 4.98 Å². The fraction of sp³-hybridized carbons (Fsp3) is 0.400. The summed E-state index contributed by atoms with van der Waals surface area (Å²) in [5, 5.41) is 5.97. The number of ether oxygens (including phenoxy) is 1. The van der Waals surface area contributed by atoms with Gasteiger partial charge in [0.15, 0.2) is 0 Å². The molecule has 94 valence electrons. The van der Waals surface area contributed by atoms with Crippen molar-refractivity contribution in [1.29, 1.82) is 0 Å². The highest BCUT2D eigenvalue weighted by molar-refractivity contribution is 5.81. The van der Waals surface area contributed by atoms with Crippen LogP contribution in [0.3, 0.4) is 0 Å². The van der Waals surface area contributed by atoms with Crippen molar-refractivity contribution in [3.63, 3.8) is 0 Å². The molecule has 1 aromatic carbocycles.